The van der Waals surface area contributed by atoms with Crippen LogP contribution in [0.1, 0.15) is 10.4 Å². The Morgan fingerprint density at radius 1 is 1.67 bits per heavy atom. The lowest BCUT2D eigenvalue weighted by atomic mass is 10.3. The molecule has 1 rings (SSSR count). The van der Waals surface area contributed by atoms with Gasteiger partial charge in [-0.3, -0.25) is 10.2 Å². The van der Waals surface area contributed by atoms with E-state index in [2.05, 4.69) is 15.8 Å². The Morgan fingerprint density at radius 3 is 3.00 bits per heavy atom. The van der Waals surface area contributed by atoms with E-state index in [1.165, 1.54) is 6.20 Å². The van der Waals surface area contributed by atoms with Crippen LogP contribution in [0.25, 0.3) is 0 Å². The Kier molecular flexibility index (Phi) is 3.01. The Labute approximate surface area is 74.9 Å². The minimum atomic E-state index is -0.296. The first-order valence-corrected chi connectivity index (χ1v) is 3.71. The van der Waals surface area contributed by atoms with E-state index in [9.17, 15) is 4.79 Å². The molecule has 12 heavy (non-hydrogen) atoms. The monoisotopic (exact) mass is 185 g/mol. The molecule has 1 heterocycles. The summed E-state index contributed by atoms with van der Waals surface area (Å²) in [7, 11) is 1.60. The zero-order valence-corrected chi connectivity index (χ0v) is 7.22. The smallest absolute Gasteiger partial charge is 0.268 e. The number of carbonyl (C=O) groups is 1. The molecular formula is C7H8ClN3O. The molecule has 1 amide bonds. The van der Waals surface area contributed by atoms with Crippen LogP contribution in [0.15, 0.2) is 18.3 Å². The van der Waals surface area contributed by atoms with Crippen LogP contribution in [-0.2, 0) is 0 Å². The lowest BCUT2D eigenvalue weighted by Gasteiger charge is -2.02. The molecule has 1 aromatic rings. The van der Waals surface area contributed by atoms with Crippen molar-refractivity contribution in [2.75, 3.05) is 7.05 Å². The van der Waals surface area contributed by atoms with Gasteiger partial charge in [0.1, 0.15) is 5.15 Å². The van der Waals surface area contributed by atoms with Crippen molar-refractivity contribution in [2.45, 2.75) is 0 Å². The third-order valence-corrected chi connectivity index (χ3v) is 1.54. The van der Waals surface area contributed by atoms with Crippen molar-refractivity contribution in [3.05, 3.63) is 29.0 Å². The molecule has 4 nitrogen and oxygen atoms in total. The molecule has 0 fully saturated rings. The second kappa shape index (κ2) is 4.04. The summed E-state index contributed by atoms with van der Waals surface area (Å²) in [6.45, 7) is 0. The Bertz CT molecular complexity index is 290. The van der Waals surface area contributed by atoms with Crippen molar-refractivity contribution in [2.24, 2.45) is 0 Å². The zero-order chi connectivity index (χ0) is 8.97. The van der Waals surface area contributed by atoms with Gasteiger partial charge in [-0.15, -0.1) is 0 Å². The molecule has 0 aliphatic rings. The highest BCUT2D eigenvalue weighted by atomic mass is 35.5. The van der Waals surface area contributed by atoms with Crippen LogP contribution in [-0.4, -0.2) is 17.9 Å². The molecule has 0 radical (unpaired) electrons. The maximum absolute atomic E-state index is 11.2. The molecule has 0 aliphatic carbocycles. The molecule has 64 valence electrons. The van der Waals surface area contributed by atoms with E-state index < -0.39 is 0 Å². The maximum Gasteiger partial charge on any atom is 0.268 e. The summed E-state index contributed by atoms with van der Waals surface area (Å²) < 4.78 is 0. The van der Waals surface area contributed by atoms with Gasteiger partial charge in [-0.1, -0.05) is 11.6 Å². The van der Waals surface area contributed by atoms with Crippen molar-refractivity contribution in [3.8, 4) is 0 Å². The molecule has 0 bridgehead atoms. The molecular weight excluding hydrogens is 178 g/mol. The van der Waals surface area contributed by atoms with Crippen LogP contribution >= 0.6 is 11.6 Å². The largest absolute Gasteiger partial charge is 0.288 e. The van der Waals surface area contributed by atoms with E-state index in [1.807, 2.05) is 0 Å². The van der Waals surface area contributed by atoms with Gasteiger partial charge in [0.2, 0.25) is 0 Å². The summed E-state index contributed by atoms with van der Waals surface area (Å²) in [4.78, 5) is 14.9. The molecule has 0 aliphatic heterocycles. The maximum atomic E-state index is 11.2. The van der Waals surface area contributed by atoms with Crippen LogP contribution in [0, 0.1) is 0 Å². The number of hydrazine groups is 1. The number of aromatic nitrogens is 1. The van der Waals surface area contributed by atoms with Gasteiger partial charge in [-0.2, -0.15) is 0 Å². The SMILES string of the molecule is CNNC(=O)c1cccnc1Cl. The number of hydrogen-bond acceptors (Lipinski definition) is 3. The lowest BCUT2D eigenvalue weighted by Crippen LogP contribution is -2.34. The highest BCUT2D eigenvalue weighted by molar-refractivity contribution is 6.32. The summed E-state index contributed by atoms with van der Waals surface area (Å²) in [5, 5.41) is 0.199. The molecule has 0 spiro atoms. The minimum Gasteiger partial charge on any atom is -0.288 e. The number of rotatable bonds is 2. The number of nitrogens with one attached hydrogen (secondary N) is 2. The first-order chi connectivity index (χ1) is 5.75. The number of amides is 1. The second-order valence-electron chi connectivity index (χ2n) is 2.05. The molecule has 1 aromatic heterocycles. The van der Waals surface area contributed by atoms with E-state index >= 15 is 0 Å². The average molecular weight is 186 g/mol. The van der Waals surface area contributed by atoms with Crippen LogP contribution < -0.4 is 10.9 Å². The van der Waals surface area contributed by atoms with E-state index in [4.69, 9.17) is 11.6 Å². The first-order valence-electron chi connectivity index (χ1n) is 3.33. The van der Waals surface area contributed by atoms with Gasteiger partial charge in [0, 0.05) is 13.2 Å². The summed E-state index contributed by atoms with van der Waals surface area (Å²) >= 11 is 5.66. The van der Waals surface area contributed by atoms with Gasteiger partial charge >= 0.3 is 0 Å². The molecule has 0 saturated carbocycles. The van der Waals surface area contributed by atoms with Gasteiger partial charge in [-0.05, 0) is 12.1 Å². The molecule has 0 atom stereocenters. The topological polar surface area (TPSA) is 54.0 Å². The quantitative estimate of drug-likeness (QED) is 0.524. The highest BCUT2D eigenvalue weighted by Crippen LogP contribution is 2.10. The molecule has 0 saturated heterocycles. The number of carbonyl (C=O) groups excluding carboxylic acids is 1. The number of hydrogen-bond donors (Lipinski definition) is 2. The Morgan fingerprint density at radius 2 is 2.42 bits per heavy atom. The van der Waals surface area contributed by atoms with Crippen molar-refractivity contribution in [3.63, 3.8) is 0 Å². The standard InChI is InChI=1S/C7H8ClN3O/c1-9-11-7(12)5-3-2-4-10-6(5)8/h2-4,9H,1H3,(H,11,12). The fourth-order valence-electron chi connectivity index (χ4n) is 0.736. The highest BCUT2D eigenvalue weighted by Gasteiger charge is 2.08. The fourth-order valence-corrected chi connectivity index (χ4v) is 0.941. The van der Waals surface area contributed by atoms with E-state index in [-0.39, 0.29) is 11.1 Å². The van der Waals surface area contributed by atoms with Crippen LogP contribution in [0.3, 0.4) is 0 Å². The van der Waals surface area contributed by atoms with Gasteiger partial charge in [0.05, 0.1) is 5.56 Å². The Balaban J connectivity index is 2.87. The van der Waals surface area contributed by atoms with Crippen LogP contribution in [0.2, 0.25) is 5.15 Å². The van der Waals surface area contributed by atoms with Crippen molar-refractivity contribution in [1.29, 1.82) is 0 Å². The summed E-state index contributed by atoms with van der Waals surface area (Å²) in [5.41, 5.74) is 5.25. The van der Waals surface area contributed by atoms with Gasteiger partial charge in [0.15, 0.2) is 0 Å². The normalized spacial score (nSPS) is 9.50. The average Bonchev–Trinajstić information content (AvgIpc) is 2.05. The van der Waals surface area contributed by atoms with Crippen LogP contribution in [0.5, 0.6) is 0 Å². The molecule has 2 N–H and O–H groups in total. The lowest BCUT2D eigenvalue weighted by molar-refractivity contribution is 0.0938. The predicted octanol–water partition coefficient (Wildman–Crippen LogP) is 0.599. The number of pyridine rings is 1. The third kappa shape index (κ3) is 1.93. The number of halogens is 1. The van der Waals surface area contributed by atoms with Crippen molar-refractivity contribution >= 4 is 17.5 Å². The summed E-state index contributed by atoms with van der Waals surface area (Å²) in [5.74, 6) is -0.296. The predicted molar refractivity (Wildman–Crippen MR) is 45.8 cm³/mol. The summed E-state index contributed by atoms with van der Waals surface area (Å²) in [6.07, 6.45) is 1.53. The molecule has 0 aromatic carbocycles. The summed E-state index contributed by atoms with van der Waals surface area (Å²) in [6, 6.07) is 3.25. The molecule has 0 unspecified atom stereocenters. The van der Waals surface area contributed by atoms with Crippen molar-refractivity contribution in [1.82, 2.24) is 15.8 Å². The van der Waals surface area contributed by atoms with E-state index in [0.717, 1.165) is 0 Å². The third-order valence-electron chi connectivity index (χ3n) is 1.24. The number of nitrogens with zero attached hydrogens (tertiary/aromatic N) is 1. The van der Waals surface area contributed by atoms with E-state index in [1.54, 1.807) is 19.2 Å². The van der Waals surface area contributed by atoms with Crippen molar-refractivity contribution < 1.29 is 4.79 Å². The minimum absolute atomic E-state index is 0.199. The Hall–Kier alpha value is -1.13. The van der Waals surface area contributed by atoms with E-state index in [0.29, 0.717) is 5.56 Å². The zero-order valence-electron chi connectivity index (χ0n) is 6.47. The molecule has 5 heteroatoms. The van der Waals surface area contributed by atoms with Crippen LogP contribution in [0.4, 0.5) is 0 Å². The van der Waals surface area contributed by atoms with Gasteiger partial charge < -0.3 is 0 Å². The van der Waals surface area contributed by atoms with Gasteiger partial charge in [0.25, 0.3) is 5.91 Å². The first kappa shape index (κ1) is 8.96. The fraction of sp³-hybridized carbons (Fsp3) is 0.143. The second-order valence-corrected chi connectivity index (χ2v) is 2.40. The van der Waals surface area contributed by atoms with Gasteiger partial charge in [-0.25, -0.2) is 10.4 Å².